The molecule has 0 spiro atoms. The molecule has 112 valence electrons. The van der Waals surface area contributed by atoms with Crippen LogP contribution in [0.3, 0.4) is 0 Å². The lowest BCUT2D eigenvalue weighted by molar-refractivity contribution is -0.123. The lowest BCUT2D eigenvalue weighted by atomic mass is 10.3. The van der Waals surface area contributed by atoms with Crippen LogP contribution in [-0.2, 0) is 18.3 Å². The average molecular weight is 327 g/mol. The highest BCUT2D eigenvalue weighted by atomic mass is 35.5. The number of rotatable bonds is 6. The van der Waals surface area contributed by atoms with Gasteiger partial charge in [0.1, 0.15) is 11.6 Å². The number of nitrogens with one attached hydrogen (secondary N) is 2. The molecule has 1 heterocycles. The minimum absolute atomic E-state index is 0.0806. The summed E-state index contributed by atoms with van der Waals surface area (Å²) in [5.41, 5.74) is 0. The number of hydrogen-bond acceptors (Lipinski definition) is 4. The molecule has 0 aliphatic carbocycles. The van der Waals surface area contributed by atoms with Crippen LogP contribution in [0.25, 0.3) is 0 Å². The van der Waals surface area contributed by atoms with Gasteiger partial charge in [-0.05, 0) is 24.4 Å². The van der Waals surface area contributed by atoms with Gasteiger partial charge in [-0.3, -0.25) is 9.89 Å². The molecule has 2 N–H and O–H groups in total. The van der Waals surface area contributed by atoms with Gasteiger partial charge in [0.15, 0.2) is 11.4 Å². The van der Waals surface area contributed by atoms with Crippen molar-refractivity contribution in [1.82, 2.24) is 20.1 Å². The molecule has 0 aliphatic heterocycles. The number of hydrogen-bond donors (Lipinski definition) is 2. The quantitative estimate of drug-likeness (QED) is 0.795. The maximum absolute atomic E-state index is 11.7. The summed E-state index contributed by atoms with van der Waals surface area (Å²) in [5.74, 6) is 1.06. The first-order valence-electron chi connectivity index (χ1n) is 6.32. The molecule has 0 atom stereocenters. The smallest absolute Gasteiger partial charge is 0.257 e. The van der Waals surface area contributed by atoms with Crippen molar-refractivity contribution in [3.05, 3.63) is 39.9 Å². The van der Waals surface area contributed by atoms with E-state index in [0.29, 0.717) is 28.5 Å². The van der Waals surface area contributed by atoms with Crippen LogP contribution in [0.4, 0.5) is 0 Å². The first-order chi connectivity index (χ1) is 10.1. The van der Waals surface area contributed by atoms with Crippen LogP contribution in [0, 0.1) is 4.77 Å². The fourth-order valence-electron chi connectivity index (χ4n) is 1.67. The molecule has 0 saturated heterocycles. The molecule has 6 nitrogen and oxygen atoms in total. The predicted octanol–water partition coefficient (Wildman–Crippen LogP) is 1.87. The highest BCUT2D eigenvalue weighted by molar-refractivity contribution is 7.71. The number of carbonyl (C=O) groups excluding carboxylic acids is 1. The predicted molar refractivity (Wildman–Crippen MR) is 82.1 cm³/mol. The molecule has 1 aromatic heterocycles. The van der Waals surface area contributed by atoms with E-state index in [9.17, 15) is 4.79 Å². The zero-order valence-corrected chi connectivity index (χ0v) is 13.0. The number of amides is 1. The Morgan fingerprint density at radius 3 is 2.95 bits per heavy atom. The standard InChI is InChI=1S/C13H15ClN4O2S/c1-18-11(16-17-13(18)21)6-7-15-12(19)8-20-10-5-3-2-4-9(10)14/h2-5H,6-8H2,1H3,(H,15,19)(H,17,21). The molecule has 2 aromatic rings. The summed E-state index contributed by atoms with van der Waals surface area (Å²) in [5, 5.41) is 9.98. The lowest BCUT2D eigenvalue weighted by Crippen LogP contribution is -2.31. The van der Waals surface area contributed by atoms with E-state index in [1.807, 2.05) is 7.05 Å². The van der Waals surface area contributed by atoms with Gasteiger partial charge >= 0.3 is 0 Å². The minimum Gasteiger partial charge on any atom is -0.482 e. The number of aromatic nitrogens is 3. The van der Waals surface area contributed by atoms with Crippen molar-refractivity contribution in [2.45, 2.75) is 6.42 Å². The van der Waals surface area contributed by atoms with Crippen LogP contribution in [0.5, 0.6) is 5.75 Å². The zero-order valence-electron chi connectivity index (χ0n) is 11.4. The molecular formula is C13H15ClN4O2S. The Hall–Kier alpha value is -1.86. The maximum atomic E-state index is 11.7. The Morgan fingerprint density at radius 2 is 2.29 bits per heavy atom. The number of H-pyrrole nitrogens is 1. The first kappa shape index (κ1) is 15.5. The van der Waals surface area contributed by atoms with E-state index < -0.39 is 0 Å². The van der Waals surface area contributed by atoms with Crippen molar-refractivity contribution in [3.63, 3.8) is 0 Å². The fraction of sp³-hybridized carbons (Fsp3) is 0.308. The number of nitrogens with zero attached hydrogens (tertiary/aromatic N) is 2. The van der Waals surface area contributed by atoms with Crippen molar-refractivity contribution in [2.75, 3.05) is 13.2 Å². The van der Waals surface area contributed by atoms with Gasteiger partial charge in [-0.25, -0.2) is 0 Å². The average Bonchev–Trinajstić information content (AvgIpc) is 2.78. The topological polar surface area (TPSA) is 71.9 Å². The van der Waals surface area contributed by atoms with E-state index in [2.05, 4.69) is 15.5 Å². The Morgan fingerprint density at radius 1 is 1.52 bits per heavy atom. The first-order valence-corrected chi connectivity index (χ1v) is 7.11. The monoisotopic (exact) mass is 326 g/mol. The molecule has 1 aromatic carbocycles. The van der Waals surface area contributed by atoms with Crippen molar-refractivity contribution in [2.24, 2.45) is 7.05 Å². The third kappa shape index (κ3) is 4.30. The van der Waals surface area contributed by atoms with E-state index in [4.69, 9.17) is 28.6 Å². The van der Waals surface area contributed by atoms with Crippen LogP contribution in [0.2, 0.25) is 5.02 Å². The fourth-order valence-corrected chi connectivity index (χ4v) is 2.01. The number of para-hydroxylation sites is 1. The second-order valence-electron chi connectivity index (χ2n) is 4.32. The minimum atomic E-state index is -0.216. The van der Waals surface area contributed by atoms with Gasteiger partial charge in [-0.1, -0.05) is 23.7 Å². The van der Waals surface area contributed by atoms with Gasteiger partial charge in [-0.15, -0.1) is 0 Å². The number of ether oxygens (including phenoxy) is 1. The van der Waals surface area contributed by atoms with Gasteiger partial charge in [0.05, 0.1) is 5.02 Å². The molecule has 0 saturated carbocycles. The molecule has 0 aliphatic rings. The van der Waals surface area contributed by atoms with Crippen LogP contribution >= 0.6 is 23.8 Å². The van der Waals surface area contributed by atoms with Gasteiger partial charge in [0, 0.05) is 20.0 Å². The zero-order chi connectivity index (χ0) is 15.2. The summed E-state index contributed by atoms with van der Waals surface area (Å²) in [7, 11) is 1.82. The second-order valence-corrected chi connectivity index (χ2v) is 5.12. The van der Waals surface area contributed by atoms with Crippen molar-refractivity contribution in [1.29, 1.82) is 0 Å². The molecule has 1 amide bonds. The molecule has 2 rings (SSSR count). The summed E-state index contributed by atoms with van der Waals surface area (Å²) in [6.45, 7) is 0.376. The van der Waals surface area contributed by atoms with Crippen LogP contribution in [0.15, 0.2) is 24.3 Å². The van der Waals surface area contributed by atoms with E-state index >= 15 is 0 Å². The molecule has 8 heteroatoms. The lowest BCUT2D eigenvalue weighted by Gasteiger charge is -2.08. The van der Waals surface area contributed by atoms with E-state index in [0.717, 1.165) is 5.82 Å². The summed E-state index contributed by atoms with van der Waals surface area (Å²) >= 11 is 10.9. The number of carbonyl (C=O) groups is 1. The second kappa shape index (κ2) is 7.24. The summed E-state index contributed by atoms with van der Waals surface area (Å²) in [4.78, 5) is 11.7. The highest BCUT2D eigenvalue weighted by Crippen LogP contribution is 2.22. The summed E-state index contributed by atoms with van der Waals surface area (Å²) < 4.78 is 7.66. The van der Waals surface area contributed by atoms with Crippen molar-refractivity contribution in [3.8, 4) is 5.75 Å². The maximum Gasteiger partial charge on any atom is 0.257 e. The van der Waals surface area contributed by atoms with E-state index in [1.54, 1.807) is 28.8 Å². The highest BCUT2D eigenvalue weighted by Gasteiger charge is 2.06. The third-order valence-corrected chi connectivity index (χ3v) is 3.52. The van der Waals surface area contributed by atoms with Gasteiger partial charge in [0.2, 0.25) is 0 Å². The van der Waals surface area contributed by atoms with Crippen LogP contribution < -0.4 is 10.1 Å². The Balaban J connectivity index is 1.74. The molecule has 0 unspecified atom stereocenters. The molecule has 0 fully saturated rings. The van der Waals surface area contributed by atoms with Crippen LogP contribution in [-0.4, -0.2) is 33.8 Å². The molecule has 21 heavy (non-hydrogen) atoms. The van der Waals surface area contributed by atoms with E-state index in [-0.39, 0.29) is 12.5 Å². The SMILES string of the molecule is Cn1c(CCNC(=O)COc2ccccc2Cl)n[nH]c1=S. The molecular weight excluding hydrogens is 312 g/mol. The number of benzene rings is 1. The normalized spacial score (nSPS) is 10.4. The largest absolute Gasteiger partial charge is 0.482 e. The number of aromatic amines is 1. The Labute approximate surface area is 132 Å². The Bertz CT molecular complexity index is 683. The summed E-state index contributed by atoms with van der Waals surface area (Å²) in [6, 6.07) is 7.01. The van der Waals surface area contributed by atoms with E-state index in [1.165, 1.54) is 0 Å². The number of halogens is 1. The van der Waals surface area contributed by atoms with Crippen LogP contribution in [0.1, 0.15) is 5.82 Å². The van der Waals surface area contributed by atoms with Gasteiger partial charge in [0.25, 0.3) is 5.91 Å². The third-order valence-electron chi connectivity index (χ3n) is 2.84. The Kier molecular flexibility index (Phi) is 5.35. The molecule has 0 radical (unpaired) electrons. The summed E-state index contributed by atoms with van der Waals surface area (Å²) in [6.07, 6.45) is 0.585. The van der Waals surface area contributed by atoms with Gasteiger partial charge < -0.3 is 14.6 Å². The van der Waals surface area contributed by atoms with Crippen molar-refractivity contribution >= 4 is 29.7 Å². The van der Waals surface area contributed by atoms with Crippen molar-refractivity contribution < 1.29 is 9.53 Å². The van der Waals surface area contributed by atoms with Gasteiger partial charge in [-0.2, -0.15) is 5.10 Å². The molecule has 0 bridgehead atoms.